The maximum Gasteiger partial charge on any atom is 0.434 e. The van der Waals surface area contributed by atoms with Crippen LogP contribution >= 0.6 is 11.6 Å². The highest BCUT2D eigenvalue weighted by Gasteiger charge is 2.35. The van der Waals surface area contributed by atoms with E-state index < -0.39 is 16.9 Å². The van der Waals surface area contributed by atoms with Crippen molar-refractivity contribution in [3.05, 3.63) is 44.9 Å². The Kier molecular flexibility index (Phi) is 3.72. The van der Waals surface area contributed by atoms with Crippen LogP contribution in [0.25, 0.3) is 0 Å². The molecule has 0 aliphatic carbocycles. The minimum atomic E-state index is -4.60. The molecule has 0 saturated carbocycles. The van der Waals surface area contributed by atoms with E-state index in [1.165, 1.54) is 10.7 Å². The van der Waals surface area contributed by atoms with Gasteiger partial charge in [0.15, 0.2) is 5.69 Å². The van der Waals surface area contributed by atoms with Gasteiger partial charge in [0.05, 0.1) is 11.6 Å². The van der Waals surface area contributed by atoms with Gasteiger partial charge >= 0.3 is 11.9 Å². The third kappa shape index (κ3) is 2.75. The minimum absolute atomic E-state index is 0.0453. The summed E-state index contributed by atoms with van der Waals surface area (Å²) in [5.41, 5.74) is -0.990. The van der Waals surface area contributed by atoms with Crippen LogP contribution < -0.4 is 5.69 Å². The fraction of sp³-hybridized carbons (Fsp3) is 0.462. The van der Waals surface area contributed by atoms with E-state index in [2.05, 4.69) is 10.1 Å². The molecule has 2 aromatic heterocycles. The van der Waals surface area contributed by atoms with Crippen LogP contribution in [0.15, 0.2) is 17.1 Å². The van der Waals surface area contributed by atoms with E-state index in [1.54, 1.807) is 4.57 Å². The van der Waals surface area contributed by atoms with E-state index >= 15 is 0 Å². The molecule has 9 heteroatoms. The zero-order valence-corrected chi connectivity index (χ0v) is 12.2. The van der Waals surface area contributed by atoms with E-state index in [1.807, 2.05) is 0 Å². The molecule has 0 bridgehead atoms. The normalized spacial score (nSPS) is 14.9. The van der Waals surface area contributed by atoms with Crippen molar-refractivity contribution in [1.82, 2.24) is 19.3 Å². The monoisotopic (exact) mass is 332 g/mol. The number of halogens is 4. The number of aromatic nitrogens is 4. The van der Waals surface area contributed by atoms with Gasteiger partial charge in [-0.1, -0.05) is 11.6 Å². The van der Waals surface area contributed by atoms with Crippen molar-refractivity contribution in [1.29, 1.82) is 0 Å². The van der Waals surface area contributed by atoms with Crippen molar-refractivity contribution in [3.63, 3.8) is 0 Å². The first-order valence-corrected chi connectivity index (χ1v) is 7.12. The lowest BCUT2D eigenvalue weighted by Gasteiger charge is -2.09. The van der Waals surface area contributed by atoms with Crippen LogP contribution in [0.4, 0.5) is 13.2 Å². The molecule has 0 atom stereocenters. The summed E-state index contributed by atoms with van der Waals surface area (Å²) in [5.74, 6) is 0.710. The van der Waals surface area contributed by atoms with Gasteiger partial charge in [0.25, 0.3) is 0 Å². The molecule has 22 heavy (non-hydrogen) atoms. The fourth-order valence-corrected chi connectivity index (χ4v) is 2.79. The quantitative estimate of drug-likeness (QED) is 0.849. The Labute approximate surface area is 128 Å². The van der Waals surface area contributed by atoms with Crippen LogP contribution in [0, 0.1) is 0 Å². The molecule has 3 heterocycles. The second kappa shape index (κ2) is 5.42. The molecule has 0 fully saturated rings. The predicted molar refractivity (Wildman–Crippen MR) is 72.8 cm³/mol. The van der Waals surface area contributed by atoms with Crippen molar-refractivity contribution in [2.24, 2.45) is 0 Å². The Morgan fingerprint density at radius 1 is 1.32 bits per heavy atom. The molecule has 0 aromatic carbocycles. The van der Waals surface area contributed by atoms with Crippen LogP contribution in [0.1, 0.15) is 29.9 Å². The van der Waals surface area contributed by atoms with Crippen LogP contribution in [-0.4, -0.2) is 19.3 Å². The molecule has 0 unspecified atom stereocenters. The third-order valence-electron chi connectivity index (χ3n) is 3.53. The average Bonchev–Trinajstić information content (AvgIpc) is 2.75. The molecule has 0 radical (unpaired) electrons. The molecular formula is C13H12ClF3N4O. The average molecular weight is 333 g/mol. The molecule has 3 rings (SSSR count). The summed E-state index contributed by atoms with van der Waals surface area (Å²) in [4.78, 5) is 15.5. The summed E-state index contributed by atoms with van der Waals surface area (Å²) in [6.07, 6.45) is -0.899. The predicted octanol–water partition coefficient (Wildman–Crippen LogP) is 2.50. The van der Waals surface area contributed by atoms with Gasteiger partial charge < -0.3 is 0 Å². The molecule has 0 saturated heterocycles. The highest BCUT2D eigenvalue weighted by atomic mass is 35.5. The lowest BCUT2D eigenvalue weighted by Crippen LogP contribution is -2.27. The van der Waals surface area contributed by atoms with Crippen LogP contribution in [0.5, 0.6) is 0 Å². The number of aryl methyl sites for hydroxylation is 1. The number of hydrogen-bond acceptors (Lipinski definition) is 3. The molecule has 118 valence electrons. The zero-order valence-electron chi connectivity index (χ0n) is 11.4. The van der Waals surface area contributed by atoms with Gasteiger partial charge in [-0.05, 0) is 24.5 Å². The van der Waals surface area contributed by atoms with Crippen LogP contribution in [0.2, 0.25) is 5.02 Å². The van der Waals surface area contributed by atoms with Crippen molar-refractivity contribution in [2.45, 2.75) is 38.5 Å². The maximum absolute atomic E-state index is 12.6. The number of fused-ring (bicyclic) bond motifs is 1. The molecule has 0 spiro atoms. The molecule has 1 aliphatic heterocycles. The second-order valence-electron chi connectivity index (χ2n) is 5.14. The molecule has 5 nitrogen and oxygen atoms in total. The zero-order chi connectivity index (χ0) is 15.9. The van der Waals surface area contributed by atoms with Gasteiger partial charge in [0, 0.05) is 19.2 Å². The Bertz CT molecular complexity index is 766. The summed E-state index contributed by atoms with van der Waals surface area (Å²) in [5, 5.41) is 3.74. The van der Waals surface area contributed by atoms with Crippen LogP contribution in [-0.2, 0) is 25.7 Å². The van der Waals surface area contributed by atoms with E-state index in [-0.39, 0.29) is 12.2 Å². The van der Waals surface area contributed by atoms with Gasteiger partial charge in [0.1, 0.15) is 5.82 Å². The van der Waals surface area contributed by atoms with E-state index in [0.29, 0.717) is 17.9 Å². The highest BCUT2D eigenvalue weighted by Crippen LogP contribution is 2.33. The van der Waals surface area contributed by atoms with Gasteiger partial charge in [-0.15, -0.1) is 0 Å². The molecule has 2 aromatic rings. The Morgan fingerprint density at radius 3 is 2.73 bits per heavy atom. The minimum Gasteiger partial charge on any atom is -0.279 e. The lowest BCUT2D eigenvalue weighted by atomic mass is 10.2. The van der Waals surface area contributed by atoms with Crippen molar-refractivity contribution in [2.75, 3.05) is 0 Å². The number of pyridine rings is 1. The van der Waals surface area contributed by atoms with E-state index in [4.69, 9.17) is 11.6 Å². The number of alkyl halides is 3. The molecule has 0 amide bonds. The largest absolute Gasteiger partial charge is 0.434 e. The fourth-order valence-electron chi connectivity index (χ4n) is 2.50. The highest BCUT2D eigenvalue weighted by molar-refractivity contribution is 6.31. The first-order valence-electron chi connectivity index (χ1n) is 6.74. The number of hydrogen-bond donors (Lipinski definition) is 0. The standard InChI is InChI=1S/C13H12ClF3N4O/c14-9-5-8(6-18-11(9)13(15,16)17)7-21-12(22)20-4-2-1-3-10(20)19-21/h5-6H,1-4,7H2. The van der Waals surface area contributed by atoms with Gasteiger partial charge in [-0.2, -0.15) is 18.3 Å². The Hall–Kier alpha value is -1.83. The molecule has 0 N–H and O–H groups in total. The summed E-state index contributed by atoms with van der Waals surface area (Å²) in [6, 6.07) is 1.17. The second-order valence-corrected chi connectivity index (χ2v) is 5.54. The van der Waals surface area contributed by atoms with E-state index in [9.17, 15) is 18.0 Å². The Morgan fingerprint density at radius 2 is 2.09 bits per heavy atom. The van der Waals surface area contributed by atoms with Gasteiger partial charge in [0.2, 0.25) is 0 Å². The van der Waals surface area contributed by atoms with Crippen LogP contribution in [0.3, 0.4) is 0 Å². The summed E-state index contributed by atoms with van der Waals surface area (Å²) < 4.78 is 40.7. The summed E-state index contributed by atoms with van der Waals surface area (Å²) >= 11 is 5.63. The van der Waals surface area contributed by atoms with Crippen molar-refractivity contribution in [3.8, 4) is 0 Å². The lowest BCUT2D eigenvalue weighted by molar-refractivity contribution is -0.141. The first-order chi connectivity index (χ1) is 10.4. The smallest absolute Gasteiger partial charge is 0.279 e. The summed E-state index contributed by atoms with van der Waals surface area (Å²) in [7, 11) is 0. The Balaban J connectivity index is 1.90. The first kappa shape index (κ1) is 15.1. The topological polar surface area (TPSA) is 52.7 Å². The number of nitrogens with zero attached hydrogens (tertiary/aromatic N) is 4. The molecular weight excluding hydrogens is 321 g/mol. The van der Waals surface area contributed by atoms with Crippen molar-refractivity contribution >= 4 is 11.6 Å². The van der Waals surface area contributed by atoms with Gasteiger partial charge in [-0.3, -0.25) is 4.57 Å². The third-order valence-corrected chi connectivity index (χ3v) is 3.82. The summed E-state index contributed by atoms with van der Waals surface area (Å²) in [6.45, 7) is 0.671. The SMILES string of the molecule is O=c1n(Cc2cnc(C(F)(F)F)c(Cl)c2)nc2n1CCCC2. The van der Waals surface area contributed by atoms with Crippen molar-refractivity contribution < 1.29 is 13.2 Å². The molecule has 1 aliphatic rings. The van der Waals surface area contributed by atoms with E-state index in [0.717, 1.165) is 25.5 Å². The maximum atomic E-state index is 12.6. The van der Waals surface area contributed by atoms with Gasteiger partial charge in [-0.25, -0.2) is 14.5 Å². The number of rotatable bonds is 2.